The normalized spacial score (nSPS) is 12.3. The van der Waals surface area contributed by atoms with Gasteiger partial charge in [-0.1, -0.05) is 25.9 Å². The largest absolute Gasteiger partial charge is 0.360 e. The smallest absolute Gasteiger partial charge is 0.245 e. The Morgan fingerprint density at radius 2 is 2.05 bits per heavy atom. The van der Waals surface area contributed by atoms with Gasteiger partial charge in [-0.25, -0.2) is 0 Å². The molecule has 0 aliphatic rings. The zero-order valence-electron chi connectivity index (χ0n) is 13.0. The first-order valence-electron chi connectivity index (χ1n) is 6.35. The lowest BCUT2D eigenvalue weighted by atomic mass is 9.86. The summed E-state index contributed by atoms with van der Waals surface area (Å²) < 4.78 is 4.84. The minimum Gasteiger partial charge on any atom is -0.360 e. The number of rotatable bonds is 4. The van der Waals surface area contributed by atoms with Crippen LogP contribution < -0.4 is 11.1 Å². The van der Waals surface area contributed by atoms with Gasteiger partial charge >= 0.3 is 0 Å². The molecule has 0 spiro atoms. The van der Waals surface area contributed by atoms with Crippen molar-refractivity contribution in [3.63, 3.8) is 0 Å². The summed E-state index contributed by atoms with van der Waals surface area (Å²) in [5, 5.41) is 6.19. The molecule has 0 bridgehead atoms. The molecule has 0 unspecified atom stereocenters. The molecule has 3 N–H and O–H groups in total. The highest BCUT2D eigenvalue weighted by Gasteiger charge is 2.30. The van der Waals surface area contributed by atoms with Crippen molar-refractivity contribution in [2.45, 2.75) is 33.7 Å². The number of nitrogens with two attached hydrogens (primary N) is 1. The second-order valence-corrected chi connectivity index (χ2v) is 5.91. The van der Waals surface area contributed by atoms with Gasteiger partial charge in [0.2, 0.25) is 11.8 Å². The van der Waals surface area contributed by atoms with Crippen molar-refractivity contribution in [1.29, 1.82) is 0 Å². The summed E-state index contributed by atoms with van der Waals surface area (Å²) >= 11 is 0. The maximum atomic E-state index is 12.1. The number of halogens is 1. The number of carbonyl (C=O) groups excluding carboxylic acids is 2. The Balaban J connectivity index is 0.00000400. The van der Waals surface area contributed by atoms with Gasteiger partial charge < -0.3 is 20.5 Å². The number of nitrogens with one attached hydrogen (secondary N) is 1. The minimum absolute atomic E-state index is 0. The van der Waals surface area contributed by atoms with Gasteiger partial charge in [0, 0.05) is 13.1 Å². The van der Waals surface area contributed by atoms with Crippen molar-refractivity contribution < 1.29 is 14.1 Å². The quantitative estimate of drug-likeness (QED) is 0.868. The fourth-order valence-electron chi connectivity index (χ4n) is 1.51. The standard InChI is InChI=1S/C13H22N4O3.ClH/c1-8-6-9(16-20-8)15-10(18)7-17(5)12(19)11(14)13(2,3)4;/h6,11H,7,14H2,1-5H3,(H,15,16,18);1H/t11-;/m1./s1. The van der Waals surface area contributed by atoms with E-state index in [1.165, 1.54) is 4.90 Å². The Labute approximate surface area is 130 Å². The van der Waals surface area contributed by atoms with Crippen LogP contribution in [0.5, 0.6) is 0 Å². The van der Waals surface area contributed by atoms with E-state index in [4.69, 9.17) is 10.3 Å². The number of aromatic nitrogens is 1. The van der Waals surface area contributed by atoms with Crippen molar-refractivity contribution in [2.75, 3.05) is 18.9 Å². The molecule has 2 amide bonds. The number of carbonyl (C=O) groups is 2. The van der Waals surface area contributed by atoms with Crippen LogP contribution in [-0.4, -0.2) is 41.5 Å². The summed E-state index contributed by atoms with van der Waals surface area (Å²) in [6, 6.07) is 0.940. The summed E-state index contributed by atoms with van der Waals surface area (Å²) in [5.41, 5.74) is 5.52. The van der Waals surface area contributed by atoms with Crippen LogP contribution in [0.25, 0.3) is 0 Å². The second-order valence-electron chi connectivity index (χ2n) is 5.91. The van der Waals surface area contributed by atoms with E-state index in [-0.39, 0.29) is 36.2 Å². The summed E-state index contributed by atoms with van der Waals surface area (Å²) in [6.45, 7) is 7.26. The summed E-state index contributed by atoms with van der Waals surface area (Å²) in [5.74, 6) is 0.298. The maximum Gasteiger partial charge on any atom is 0.245 e. The van der Waals surface area contributed by atoms with Gasteiger partial charge in [0.1, 0.15) is 5.76 Å². The van der Waals surface area contributed by atoms with E-state index in [1.54, 1.807) is 20.0 Å². The highest BCUT2D eigenvalue weighted by molar-refractivity contribution is 5.94. The van der Waals surface area contributed by atoms with E-state index in [0.717, 1.165) is 0 Å². The fraction of sp³-hybridized carbons (Fsp3) is 0.615. The third-order valence-electron chi connectivity index (χ3n) is 2.85. The van der Waals surface area contributed by atoms with Crippen molar-refractivity contribution >= 4 is 30.0 Å². The van der Waals surface area contributed by atoms with Crippen molar-refractivity contribution in [3.8, 4) is 0 Å². The molecule has 1 heterocycles. The third kappa shape index (κ3) is 5.73. The molecule has 0 fully saturated rings. The lowest BCUT2D eigenvalue weighted by molar-refractivity contribution is -0.136. The highest BCUT2D eigenvalue weighted by Crippen LogP contribution is 2.18. The first-order valence-corrected chi connectivity index (χ1v) is 6.35. The molecule has 8 heteroatoms. The van der Waals surface area contributed by atoms with Crippen LogP contribution in [0.15, 0.2) is 10.6 Å². The number of nitrogens with zero attached hydrogens (tertiary/aromatic N) is 2. The lowest BCUT2D eigenvalue weighted by Crippen LogP contribution is -2.50. The van der Waals surface area contributed by atoms with Gasteiger partial charge in [-0.05, 0) is 12.3 Å². The summed E-state index contributed by atoms with van der Waals surface area (Å²) in [6.07, 6.45) is 0. The molecule has 1 aromatic rings. The molecule has 7 nitrogen and oxygen atoms in total. The van der Waals surface area contributed by atoms with Crippen LogP contribution in [-0.2, 0) is 9.59 Å². The van der Waals surface area contributed by atoms with E-state index >= 15 is 0 Å². The van der Waals surface area contributed by atoms with Gasteiger partial charge in [-0.3, -0.25) is 9.59 Å². The van der Waals surface area contributed by atoms with Gasteiger partial charge in [-0.2, -0.15) is 0 Å². The SMILES string of the molecule is Cc1cc(NC(=O)CN(C)C(=O)[C@@H](N)C(C)(C)C)no1.Cl. The first kappa shape index (κ1) is 19.4. The van der Waals surface area contributed by atoms with E-state index in [9.17, 15) is 9.59 Å². The van der Waals surface area contributed by atoms with E-state index in [1.807, 2.05) is 20.8 Å². The summed E-state index contributed by atoms with van der Waals surface area (Å²) in [4.78, 5) is 25.2. The Kier molecular flexibility index (Phi) is 6.85. The third-order valence-corrected chi connectivity index (χ3v) is 2.85. The second kappa shape index (κ2) is 7.42. The van der Waals surface area contributed by atoms with Crippen LogP contribution >= 0.6 is 12.4 Å². The van der Waals surface area contributed by atoms with E-state index < -0.39 is 6.04 Å². The number of hydrogen-bond donors (Lipinski definition) is 2. The molecule has 1 aromatic heterocycles. The Bertz CT molecular complexity index is 496. The Morgan fingerprint density at radius 3 is 2.48 bits per heavy atom. The van der Waals surface area contributed by atoms with Crippen LogP contribution in [0.3, 0.4) is 0 Å². The first-order chi connectivity index (χ1) is 9.11. The number of amides is 2. The number of likely N-dealkylation sites (N-methyl/N-ethyl adjacent to an activating group) is 1. The van der Waals surface area contributed by atoms with E-state index in [0.29, 0.717) is 11.6 Å². The van der Waals surface area contributed by atoms with Gasteiger partial charge in [0.25, 0.3) is 0 Å². The van der Waals surface area contributed by atoms with Crippen LogP contribution in [0, 0.1) is 12.3 Å². The van der Waals surface area contributed by atoms with Crippen LogP contribution in [0.2, 0.25) is 0 Å². The average Bonchev–Trinajstić information content (AvgIpc) is 2.71. The molecule has 120 valence electrons. The molecular formula is C13H23ClN4O3. The average molecular weight is 319 g/mol. The number of anilines is 1. The highest BCUT2D eigenvalue weighted by atomic mass is 35.5. The predicted molar refractivity (Wildman–Crippen MR) is 82.2 cm³/mol. The maximum absolute atomic E-state index is 12.1. The zero-order chi connectivity index (χ0) is 15.5. The molecule has 21 heavy (non-hydrogen) atoms. The molecule has 0 aromatic carbocycles. The van der Waals surface area contributed by atoms with Crippen molar-refractivity contribution in [2.24, 2.45) is 11.1 Å². The molecule has 0 saturated heterocycles. The topological polar surface area (TPSA) is 101 Å². The number of aryl methyl sites for hydroxylation is 1. The molecule has 0 aliphatic carbocycles. The van der Waals surface area contributed by atoms with Crippen molar-refractivity contribution in [3.05, 3.63) is 11.8 Å². The zero-order valence-corrected chi connectivity index (χ0v) is 13.8. The van der Waals surface area contributed by atoms with Gasteiger partial charge in [0.15, 0.2) is 5.82 Å². The fourth-order valence-corrected chi connectivity index (χ4v) is 1.51. The van der Waals surface area contributed by atoms with Crippen LogP contribution in [0.1, 0.15) is 26.5 Å². The lowest BCUT2D eigenvalue weighted by Gasteiger charge is -2.29. The molecule has 0 aliphatic heterocycles. The summed E-state index contributed by atoms with van der Waals surface area (Å²) in [7, 11) is 1.54. The number of hydrogen-bond acceptors (Lipinski definition) is 5. The van der Waals surface area contributed by atoms with Crippen LogP contribution in [0.4, 0.5) is 5.82 Å². The molecule has 0 saturated carbocycles. The molecular weight excluding hydrogens is 296 g/mol. The molecule has 1 rings (SSSR count). The van der Waals surface area contributed by atoms with Gasteiger partial charge in [-0.15, -0.1) is 12.4 Å². The Morgan fingerprint density at radius 1 is 1.48 bits per heavy atom. The monoisotopic (exact) mass is 318 g/mol. The predicted octanol–water partition coefficient (Wildman–Crippen LogP) is 1.18. The van der Waals surface area contributed by atoms with Gasteiger partial charge in [0.05, 0.1) is 12.6 Å². The molecule has 1 atom stereocenters. The van der Waals surface area contributed by atoms with E-state index in [2.05, 4.69) is 10.5 Å². The molecule has 0 radical (unpaired) electrons. The minimum atomic E-state index is -0.658. The van der Waals surface area contributed by atoms with Crippen molar-refractivity contribution in [1.82, 2.24) is 10.1 Å². The Hall–Kier alpha value is -1.60.